The van der Waals surface area contributed by atoms with E-state index in [2.05, 4.69) is 24.1 Å². The summed E-state index contributed by atoms with van der Waals surface area (Å²) in [6, 6.07) is 0. The van der Waals surface area contributed by atoms with E-state index in [9.17, 15) is 4.79 Å². The SMILES string of the molecule is CCOC(=O)C(C)(CN1CCCC(C)(C)C1)NC. The number of hydrogen-bond donors (Lipinski definition) is 1. The zero-order chi connectivity index (χ0) is 13.8. The Labute approximate surface area is 111 Å². The fourth-order valence-electron chi connectivity index (χ4n) is 2.66. The molecule has 0 aromatic heterocycles. The Morgan fingerprint density at radius 2 is 2.17 bits per heavy atom. The monoisotopic (exact) mass is 256 g/mol. The van der Waals surface area contributed by atoms with Gasteiger partial charge in [0.1, 0.15) is 5.54 Å². The van der Waals surface area contributed by atoms with Gasteiger partial charge in [-0.1, -0.05) is 13.8 Å². The third kappa shape index (κ3) is 3.95. The molecular formula is C14H28N2O2. The molecule has 1 atom stereocenters. The third-order valence-electron chi connectivity index (χ3n) is 3.80. The average Bonchev–Trinajstić information content (AvgIpc) is 2.27. The van der Waals surface area contributed by atoms with E-state index in [0.29, 0.717) is 18.6 Å². The predicted molar refractivity (Wildman–Crippen MR) is 73.6 cm³/mol. The van der Waals surface area contributed by atoms with Crippen molar-refractivity contribution < 1.29 is 9.53 Å². The second-order valence-electron chi connectivity index (χ2n) is 6.28. The number of nitrogens with zero attached hydrogens (tertiary/aromatic N) is 1. The highest BCUT2D eigenvalue weighted by atomic mass is 16.5. The number of carbonyl (C=O) groups is 1. The first-order valence-electron chi connectivity index (χ1n) is 6.91. The molecule has 0 radical (unpaired) electrons. The van der Waals surface area contributed by atoms with Crippen LogP contribution in [0.4, 0.5) is 0 Å². The van der Waals surface area contributed by atoms with Gasteiger partial charge >= 0.3 is 5.97 Å². The number of likely N-dealkylation sites (N-methyl/N-ethyl adjacent to an activating group) is 1. The Balaban J connectivity index is 2.64. The van der Waals surface area contributed by atoms with E-state index >= 15 is 0 Å². The van der Waals surface area contributed by atoms with Crippen LogP contribution in [0.1, 0.15) is 40.5 Å². The molecule has 0 spiro atoms. The highest BCUT2D eigenvalue weighted by molar-refractivity contribution is 5.80. The van der Waals surface area contributed by atoms with Crippen LogP contribution in [0.2, 0.25) is 0 Å². The maximum Gasteiger partial charge on any atom is 0.327 e. The molecule has 0 aromatic carbocycles. The van der Waals surface area contributed by atoms with Crippen molar-refractivity contribution in [1.82, 2.24) is 10.2 Å². The summed E-state index contributed by atoms with van der Waals surface area (Å²) in [5.74, 6) is -0.157. The standard InChI is InChI=1S/C14H28N2O2/c1-6-18-12(17)14(4,15-5)11-16-9-7-8-13(2,3)10-16/h15H,6-11H2,1-5H3. The first-order valence-corrected chi connectivity index (χ1v) is 6.91. The van der Waals surface area contributed by atoms with Crippen molar-refractivity contribution in [2.75, 3.05) is 33.3 Å². The number of hydrogen-bond acceptors (Lipinski definition) is 4. The molecule has 0 saturated carbocycles. The quantitative estimate of drug-likeness (QED) is 0.760. The van der Waals surface area contributed by atoms with Crippen molar-refractivity contribution in [1.29, 1.82) is 0 Å². The molecular weight excluding hydrogens is 228 g/mol. The molecule has 0 aliphatic carbocycles. The first-order chi connectivity index (χ1) is 8.33. The lowest BCUT2D eigenvalue weighted by molar-refractivity contribution is -0.151. The van der Waals surface area contributed by atoms with Crippen molar-refractivity contribution in [2.45, 2.75) is 46.1 Å². The van der Waals surface area contributed by atoms with Crippen molar-refractivity contribution in [3.8, 4) is 0 Å². The normalized spacial score (nSPS) is 23.4. The van der Waals surface area contributed by atoms with Crippen LogP contribution in [-0.4, -0.2) is 49.7 Å². The Kier molecular flexibility index (Phi) is 5.17. The summed E-state index contributed by atoms with van der Waals surface area (Å²) >= 11 is 0. The molecule has 0 amide bonds. The number of carbonyl (C=O) groups excluding carboxylic acids is 1. The molecule has 1 heterocycles. The molecule has 0 bridgehead atoms. The van der Waals surface area contributed by atoms with E-state index in [4.69, 9.17) is 4.74 Å². The van der Waals surface area contributed by atoms with Crippen molar-refractivity contribution in [3.05, 3.63) is 0 Å². The molecule has 4 heteroatoms. The van der Waals surface area contributed by atoms with Crippen LogP contribution in [-0.2, 0) is 9.53 Å². The number of nitrogens with one attached hydrogen (secondary N) is 1. The topological polar surface area (TPSA) is 41.6 Å². The zero-order valence-electron chi connectivity index (χ0n) is 12.5. The number of esters is 1. The highest BCUT2D eigenvalue weighted by Crippen LogP contribution is 2.29. The lowest BCUT2D eigenvalue weighted by atomic mass is 9.83. The van der Waals surface area contributed by atoms with Crippen LogP contribution in [0.3, 0.4) is 0 Å². The number of ether oxygens (including phenoxy) is 1. The highest BCUT2D eigenvalue weighted by Gasteiger charge is 2.37. The molecule has 106 valence electrons. The lowest BCUT2D eigenvalue weighted by Gasteiger charge is -2.41. The smallest absolute Gasteiger partial charge is 0.327 e. The maximum atomic E-state index is 12.0. The maximum absolute atomic E-state index is 12.0. The van der Waals surface area contributed by atoms with Gasteiger partial charge in [-0.25, -0.2) is 0 Å². The molecule has 1 rings (SSSR count). The van der Waals surface area contributed by atoms with E-state index < -0.39 is 5.54 Å². The fraction of sp³-hybridized carbons (Fsp3) is 0.929. The third-order valence-corrected chi connectivity index (χ3v) is 3.80. The van der Waals surface area contributed by atoms with E-state index in [1.54, 1.807) is 0 Å². The fourth-order valence-corrected chi connectivity index (χ4v) is 2.66. The summed E-state index contributed by atoms with van der Waals surface area (Å²) < 4.78 is 5.16. The largest absolute Gasteiger partial charge is 0.465 e. The van der Waals surface area contributed by atoms with Gasteiger partial charge in [-0.05, 0) is 45.7 Å². The Morgan fingerprint density at radius 1 is 1.50 bits per heavy atom. The van der Waals surface area contributed by atoms with E-state index in [1.807, 2.05) is 20.9 Å². The van der Waals surface area contributed by atoms with Crippen LogP contribution in [0.15, 0.2) is 0 Å². The van der Waals surface area contributed by atoms with Crippen LogP contribution < -0.4 is 5.32 Å². The zero-order valence-corrected chi connectivity index (χ0v) is 12.5. The van der Waals surface area contributed by atoms with E-state index in [-0.39, 0.29) is 5.97 Å². The second-order valence-corrected chi connectivity index (χ2v) is 6.28. The van der Waals surface area contributed by atoms with Gasteiger partial charge in [-0.3, -0.25) is 4.79 Å². The van der Waals surface area contributed by atoms with E-state index in [1.165, 1.54) is 12.8 Å². The summed E-state index contributed by atoms with van der Waals surface area (Å²) in [5.41, 5.74) is -0.259. The molecule has 1 N–H and O–H groups in total. The summed E-state index contributed by atoms with van der Waals surface area (Å²) in [6.45, 7) is 11.6. The van der Waals surface area contributed by atoms with Gasteiger partial charge in [0, 0.05) is 13.1 Å². The van der Waals surface area contributed by atoms with Crippen LogP contribution in [0.25, 0.3) is 0 Å². The van der Waals surface area contributed by atoms with Gasteiger partial charge in [0.05, 0.1) is 6.61 Å². The number of rotatable bonds is 5. The van der Waals surface area contributed by atoms with Gasteiger partial charge in [0.15, 0.2) is 0 Å². The lowest BCUT2D eigenvalue weighted by Crippen LogP contribution is -2.58. The Hall–Kier alpha value is -0.610. The van der Waals surface area contributed by atoms with Crippen LogP contribution in [0.5, 0.6) is 0 Å². The van der Waals surface area contributed by atoms with Crippen molar-refractivity contribution in [3.63, 3.8) is 0 Å². The first kappa shape index (κ1) is 15.4. The Bertz CT molecular complexity index is 292. The molecule has 0 aromatic rings. The Morgan fingerprint density at radius 3 is 2.67 bits per heavy atom. The summed E-state index contributed by atoms with van der Waals surface area (Å²) in [4.78, 5) is 14.4. The second kappa shape index (κ2) is 6.02. The minimum absolute atomic E-state index is 0.157. The molecule has 4 nitrogen and oxygen atoms in total. The van der Waals surface area contributed by atoms with Gasteiger partial charge in [-0.15, -0.1) is 0 Å². The molecule has 1 unspecified atom stereocenters. The predicted octanol–water partition coefficient (Wildman–Crippen LogP) is 1.65. The van der Waals surface area contributed by atoms with Crippen LogP contribution in [0, 0.1) is 5.41 Å². The van der Waals surface area contributed by atoms with Gasteiger partial charge in [0.2, 0.25) is 0 Å². The average molecular weight is 256 g/mol. The molecule has 18 heavy (non-hydrogen) atoms. The van der Waals surface area contributed by atoms with Gasteiger partial charge in [0.25, 0.3) is 0 Å². The summed E-state index contributed by atoms with van der Waals surface area (Å²) in [5, 5.41) is 3.12. The van der Waals surface area contributed by atoms with Crippen molar-refractivity contribution >= 4 is 5.97 Å². The molecule has 1 saturated heterocycles. The van der Waals surface area contributed by atoms with Crippen molar-refractivity contribution in [2.24, 2.45) is 5.41 Å². The minimum atomic E-state index is -0.608. The van der Waals surface area contributed by atoms with Gasteiger partial charge < -0.3 is 15.0 Å². The minimum Gasteiger partial charge on any atom is -0.465 e. The molecule has 1 aliphatic heterocycles. The summed E-state index contributed by atoms with van der Waals surface area (Å²) in [6.07, 6.45) is 2.47. The number of likely N-dealkylation sites (tertiary alicyclic amines) is 1. The number of piperidine rings is 1. The molecule has 1 aliphatic rings. The summed E-state index contributed by atoms with van der Waals surface area (Å²) in [7, 11) is 1.83. The van der Waals surface area contributed by atoms with E-state index in [0.717, 1.165) is 13.1 Å². The van der Waals surface area contributed by atoms with Gasteiger partial charge in [-0.2, -0.15) is 0 Å². The molecule has 1 fully saturated rings. The van der Waals surface area contributed by atoms with Crippen LogP contribution >= 0.6 is 0 Å².